The second kappa shape index (κ2) is 4.75. The van der Waals surface area contributed by atoms with E-state index in [1.165, 1.54) is 0 Å². The molecule has 0 spiro atoms. The summed E-state index contributed by atoms with van der Waals surface area (Å²) >= 11 is 3.41. The van der Waals surface area contributed by atoms with Gasteiger partial charge in [0.25, 0.3) is 0 Å². The highest BCUT2D eigenvalue weighted by molar-refractivity contribution is 9.10. The molecule has 2 rings (SSSR count). The Labute approximate surface area is 97.6 Å². The Balaban J connectivity index is 2.04. The van der Waals surface area contributed by atoms with Crippen LogP contribution in [0, 0.1) is 5.92 Å². The zero-order valence-corrected chi connectivity index (χ0v) is 9.98. The normalized spacial score (nSPS) is 17.8. The van der Waals surface area contributed by atoms with E-state index < -0.39 is 0 Å². The summed E-state index contributed by atoms with van der Waals surface area (Å²) in [6.45, 7) is 1.89. The lowest BCUT2D eigenvalue weighted by molar-refractivity contribution is -0.111. The summed E-state index contributed by atoms with van der Waals surface area (Å²) in [7, 11) is 0. The van der Waals surface area contributed by atoms with Crippen molar-refractivity contribution in [1.29, 1.82) is 0 Å². The first-order valence-corrected chi connectivity index (χ1v) is 5.89. The van der Waals surface area contributed by atoms with Crippen LogP contribution < -0.4 is 4.90 Å². The standard InChI is InChI=1S/C11H13BrN2O/c12-10-5-11(7-13-6-10)14-3-1-9(8-15)2-4-14/h5-9H,1-4H2. The van der Waals surface area contributed by atoms with Gasteiger partial charge >= 0.3 is 0 Å². The van der Waals surface area contributed by atoms with Crippen LogP contribution in [0.25, 0.3) is 0 Å². The van der Waals surface area contributed by atoms with Gasteiger partial charge in [0, 0.05) is 29.7 Å². The van der Waals surface area contributed by atoms with E-state index in [1.54, 1.807) is 6.20 Å². The Bertz CT molecular complexity index is 348. The van der Waals surface area contributed by atoms with Crippen LogP contribution in [0.4, 0.5) is 5.69 Å². The van der Waals surface area contributed by atoms with Gasteiger partial charge in [-0.15, -0.1) is 0 Å². The van der Waals surface area contributed by atoms with E-state index in [0.29, 0.717) is 0 Å². The molecular weight excluding hydrogens is 256 g/mol. The van der Waals surface area contributed by atoms with Crippen LogP contribution >= 0.6 is 15.9 Å². The predicted molar refractivity (Wildman–Crippen MR) is 62.9 cm³/mol. The first-order valence-electron chi connectivity index (χ1n) is 5.10. The van der Waals surface area contributed by atoms with Crippen molar-refractivity contribution in [3.05, 3.63) is 22.9 Å². The topological polar surface area (TPSA) is 33.2 Å². The fraction of sp³-hybridized carbons (Fsp3) is 0.455. The van der Waals surface area contributed by atoms with Crippen molar-refractivity contribution >= 4 is 27.9 Å². The summed E-state index contributed by atoms with van der Waals surface area (Å²) in [6.07, 6.45) is 6.64. The second-order valence-electron chi connectivity index (χ2n) is 3.82. The summed E-state index contributed by atoms with van der Waals surface area (Å²) in [4.78, 5) is 17.0. The number of rotatable bonds is 2. The third-order valence-corrected chi connectivity index (χ3v) is 3.22. The Morgan fingerprint density at radius 2 is 2.13 bits per heavy atom. The van der Waals surface area contributed by atoms with E-state index in [2.05, 4.69) is 31.9 Å². The average molecular weight is 269 g/mol. The molecule has 80 valence electrons. The molecule has 1 aromatic heterocycles. The van der Waals surface area contributed by atoms with Crippen molar-refractivity contribution in [2.45, 2.75) is 12.8 Å². The number of pyridine rings is 1. The summed E-state index contributed by atoms with van der Waals surface area (Å²) in [6, 6.07) is 2.06. The SMILES string of the molecule is O=CC1CCN(c2cncc(Br)c2)CC1. The molecule has 0 aromatic carbocycles. The molecule has 0 radical (unpaired) electrons. The van der Waals surface area contributed by atoms with E-state index in [9.17, 15) is 4.79 Å². The van der Waals surface area contributed by atoms with Gasteiger partial charge in [0.05, 0.1) is 11.9 Å². The monoisotopic (exact) mass is 268 g/mol. The molecule has 1 aliphatic heterocycles. The fourth-order valence-corrected chi connectivity index (χ4v) is 2.22. The van der Waals surface area contributed by atoms with Gasteiger partial charge in [-0.25, -0.2) is 0 Å². The molecule has 4 heteroatoms. The lowest BCUT2D eigenvalue weighted by Crippen LogP contribution is -2.34. The maximum absolute atomic E-state index is 10.6. The van der Waals surface area contributed by atoms with E-state index in [-0.39, 0.29) is 5.92 Å². The van der Waals surface area contributed by atoms with Crippen molar-refractivity contribution in [3.8, 4) is 0 Å². The minimum absolute atomic E-state index is 0.251. The number of carbonyl (C=O) groups is 1. The Morgan fingerprint density at radius 1 is 1.40 bits per heavy atom. The van der Waals surface area contributed by atoms with Gasteiger partial charge in [0.1, 0.15) is 6.29 Å². The Kier molecular flexibility index (Phi) is 3.36. The van der Waals surface area contributed by atoms with Gasteiger partial charge in [-0.05, 0) is 34.8 Å². The molecule has 0 N–H and O–H groups in total. The predicted octanol–water partition coefficient (Wildman–Crippen LogP) is 2.26. The molecule has 0 unspecified atom stereocenters. The van der Waals surface area contributed by atoms with Gasteiger partial charge in [-0.1, -0.05) is 0 Å². The van der Waals surface area contributed by atoms with Gasteiger partial charge in [0.2, 0.25) is 0 Å². The van der Waals surface area contributed by atoms with Crippen molar-refractivity contribution in [2.24, 2.45) is 5.92 Å². The minimum atomic E-state index is 0.251. The van der Waals surface area contributed by atoms with Crippen LogP contribution in [-0.2, 0) is 4.79 Å². The number of aldehydes is 1. The number of piperidine rings is 1. The van der Waals surface area contributed by atoms with Crippen molar-refractivity contribution in [1.82, 2.24) is 4.98 Å². The molecule has 0 saturated carbocycles. The Hall–Kier alpha value is -0.900. The molecule has 0 bridgehead atoms. The quantitative estimate of drug-likeness (QED) is 0.772. The number of anilines is 1. The van der Waals surface area contributed by atoms with Crippen molar-refractivity contribution in [3.63, 3.8) is 0 Å². The molecule has 1 aliphatic rings. The third-order valence-electron chi connectivity index (χ3n) is 2.79. The number of halogens is 1. The molecule has 2 heterocycles. The molecule has 15 heavy (non-hydrogen) atoms. The first-order chi connectivity index (χ1) is 7.29. The Morgan fingerprint density at radius 3 is 2.73 bits per heavy atom. The molecular formula is C11H13BrN2O. The molecule has 0 atom stereocenters. The lowest BCUT2D eigenvalue weighted by atomic mass is 9.98. The molecule has 1 aromatic rings. The molecule has 1 saturated heterocycles. The van der Waals surface area contributed by atoms with E-state index >= 15 is 0 Å². The van der Waals surface area contributed by atoms with E-state index in [1.807, 2.05) is 6.20 Å². The van der Waals surface area contributed by atoms with Crippen LogP contribution in [0.5, 0.6) is 0 Å². The molecule has 0 aliphatic carbocycles. The summed E-state index contributed by atoms with van der Waals surface area (Å²) < 4.78 is 0.998. The fourth-order valence-electron chi connectivity index (χ4n) is 1.87. The summed E-state index contributed by atoms with van der Waals surface area (Å²) in [5, 5.41) is 0. The van der Waals surface area contributed by atoms with Crippen LogP contribution in [0.1, 0.15) is 12.8 Å². The highest BCUT2D eigenvalue weighted by Gasteiger charge is 2.18. The highest BCUT2D eigenvalue weighted by atomic mass is 79.9. The molecule has 3 nitrogen and oxygen atoms in total. The number of carbonyl (C=O) groups excluding carboxylic acids is 1. The number of aromatic nitrogens is 1. The van der Waals surface area contributed by atoms with Gasteiger partial charge in [-0.2, -0.15) is 0 Å². The lowest BCUT2D eigenvalue weighted by Gasteiger charge is -2.31. The van der Waals surface area contributed by atoms with Crippen LogP contribution in [-0.4, -0.2) is 24.4 Å². The maximum Gasteiger partial charge on any atom is 0.123 e. The smallest absolute Gasteiger partial charge is 0.123 e. The number of hydrogen-bond donors (Lipinski definition) is 0. The summed E-state index contributed by atoms with van der Waals surface area (Å²) in [5.41, 5.74) is 1.13. The number of nitrogens with zero attached hydrogens (tertiary/aromatic N) is 2. The summed E-state index contributed by atoms with van der Waals surface area (Å²) in [5.74, 6) is 0.251. The van der Waals surface area contributed by atoms with Crippen molar-refractivity contribution < 1.29 is 4.79 Å². The highest BCUT2D eigenvalue weighted by Crippen LogP contribution is 2.23. The minimum Gasteiger partial charge on any atom is -0.370 e. The maximum atomic E-state index is 10.6. The molecule has 0 amide bonds. The zero-order valence-electron chi connectivity index (χ0n) is 8.40. The van der Waals surface area contributed by atoms with Gasteiger partial charge < -0.3 is 9.69 Å². The van der Waals surface area contributed by atoms with E-state index in [4.69, 9.17) is 0 Å². The average Bonchev–Trinajstić information content (AvgIpc) is 2.29. The largest absolute Gasteiger partial charge is 0.370 e. The number of hydrogen-bond acceptors (Lipinski definition) is 3. The van der Waals surface area contributed by atoms with Crippen LogP contribution in [0.15, 0.2) is 22.9 Å². The van der Waals surface area contributed by atoms with Gasteiger partial charge in [0.15, 0.2) is 0 Å². The van der Waals surface area contributed by atoms with Gasteiger partial charge in [-0.3, -0.25) is 4.98 Å². The molecule has 1 fully saturated rings. The van der Waals surface area contributed by atoms with Crippen molar-refractivity contribution in [2.75, 3.05) is 18.0 Å². The second-order valence-corrected chi connectivity index (χ2v) is 4.74. The van der Waals surface area contributed by atoms with Crippen LogP contribution in [0.2, 0.25) is 0 Å². The van der Waals surface area contributed by atoms with E-state index in [0.717, 1.165) is 42.4 Å². The third kappa shape index (κ3) is 2.56. The van der Waals surface area contributed by atoms with Crippen LogP contribution in [0.3, 0.4) is 0 Å². The first kappa shape index (κ1) is 10.6. The zero-order chi connectivity index (χ0) is 10.7.